The van der Waals surface area contributed by atoms with Crippen LogP contribution in [0.4, 0.5) is 9.59 Å². The third-order valence-electron chi connectivity index (χ3n) is 4.65. The zero-order valence-corrected chi connectivity index (χ0v) is 20.7. The van der Waals surface area contributed by atoms with E-state index >= 15 is 0 Å². The van der Waals surface area contributed by atoms with E-state index in [1.165, 1.54) is 12.0 Å². The summed E-state index contributed by atoms with van der Waals surface area (Å²) >= 11 is 0. The number of hydrogen-bond donors (Lipinski definition) is 1. The number of nitrogens with zero attached hydrogens (tertiary/aromatic N) is 1. The number of hydrogen-bond acceptors (Lipinski definition) is 7. The van der Waals surface area contributed by atoms with Gasteiger partial charge in [-0.3, -0.25) is 0 Å². The summed E-state index contributed by atoms with van der Waals surface area (Å²) in [5, 5.41) is 2.45. The van der Waals surface area contributed by atoms with Gasteiger partial charge in [0.15, 0.2) is 6.04 Å². The normalized spacial score (nSPS) is 11.8. The number of methoxy groups -OCH3 is 1. The summed E-state index contributed by atoms with van der Waals surface area (Å²) in [6.45, 7) is 5.97. The quantitative estimate of drug-likeness (QED) is 0.292. The fourth-order valence-corrected chi connectivity index (χ4v) is 2.96. The van der Waals surface area contributed by atoms with Gasteiger partial charge in [-0.15, -0.1) is 0 Å². The Morgan fingerprint density at radius 1 is 0.943 bits per heavy atom. The van der Waals surface area contributed by atoms with Crippen LogP contribution >= 0.6 is 0 Å². The molecule has 0 aliphatic heterocycles. The number of carbonyl (C=O) groups excluding carboxylic acids is 3. The average molecular weight is 487 g/mol. The Balaban J connectivity index is 1.88. The molecule has 0 aliphatic rings. The van der Waals surface area contributed by atoms with Crippen LogP contribution < -0.4 is 5.32 Å². The van der Waals surface area contributed by atoms with Gasteiger partial charge in [-0.1, -0.05) is 60.7 Å². The van der Waals surface area contributed by atoms with E-state index < -0.39 is 29.8 Å². The van der Waals surface area contributed by atoms with Gasteiger partial charge in [0.2, 0.25) is 0 Å². The van der Waals surface area contributed by atoms with Crippen molar-refractivity contribution in [3.63, 3.8) is 0 Å². The maximum Gasteiger partial charge on any atom is 0.410 e. The second-order valence-corrected chi connectivity index (χ2v) is 8.74. The summed E-state index contributed by atoms with van der Waals surface area (Å²) in [6.07, 6.45) is -1.25. The van der Waals surface area contributed by atoms with Crippen molar-refractivity contribution in [1.29, 1.82) is 0 Å². The van der Waals surface area contributed by atoms with Crippen LogP contribution in [0.3, 0.4) is 0 Å². The molecule has 0 radical (unpaired) electrons. The molecule has 0 saturated heterocycles. The first-order valence-electron chi connectivity index (χ1n) is 11.3. The molecule has 0 fully saturated rings. The molecule has 2 amide bonds. The molecular weight excluding hydrogens is 452 g/mol. The van der Waals surface area contributed by atoms with Crippen molar-refractivity contribution in [3.05, 3.63) is 71.8 Å². The fraction of sp³-hybridized carbons (Fsp3) is 0.423. The van der Waals surface area contributed by atoms with Crippen LogP contribution in [-0.4, -0.2) is 61.6 Å². The summed E-state index contributed by atoms with van der Waals surface area (Å²) in [5.41, 5.74) is 1.11. The Bertz CT molecular complexity index is 930. The summed E-state index contributed by atoms with van der Waals surface area (Å²) in [4.78, 5) is 38.4. The third-order valence-corrected chi connectivity index (χ3v) is 4.65. The molecule has 0 saturated carbocycles. The second kappa shape index (κ2) is 14.0. The highest BCUT2D eigenvalue weighted by Gasteiger charge is 2.24. The van der Waals surface area contributed by atoms with Crippen molar-refractivity contribution >= 4 is 18.2 Å². The Kier molecular flexibility index (Phi) is 11.0. The van der Waals surface area contributed by atoms with Gasteiger partial charge < -0.3 is 29.2 Å². The number of amides is 2. The predicted octanol–water partition coefficient (Wildman–Crippen LogP) is 3.91. The number of esters is 1. The zero-order chi connectivity index (χ0) is 25.7. The molecule has 1 unspecified atom stereocenters. The number of nitrogens with one attached hydrogen (secondary N) is 1. The first-order valence-corrected chi connectivity index (χ1v) is 11.3. The fourth-order valence-electron chi connectivity index (χ4n) is 2.96. The Morgan fingerprint density at radius 3 is 2.11 bits per heavy atom. The molecule has 2 aromatic carbocycles. The van der Waals surface area contributed by atoms with E-state index in [0.717, 1.165) is 11.1 Å². The van der Waals surface area contributed by atoms with Gasteiger partial charge in [-0.05, 0) is 31.9 Å². The summed E-state index contributed by atoms with van der Waals surface area (Å²) in [6, 6.07) is 17.6. The molecule has 0 aliphatic carbocycles. The van der Waals surface area contributed by atoms with Crippen LogP contribution in [0.2, 0.25) is 0 Å². The molecule has 1 atom stereocenters. The van der Waals surface area contributed by atoms with Crippen molar-refractivity contribution in [3.8, 4) is 0 Å². The molecule has 0 bridgehead atoms. The van der Waals surface area contributed by atoms with Crippen LogP contribution in [-0.2, 0) is 36.9 Å². The Morgan fingerprint density at radius 2 is 1.54 bits per heavy atom. The summed E-state index contributed by atoms with van der Waals surface area (Å²) in [7, 11) is 1.22. The van der Waals surface area contributed by atoms with E-state index in [0.29, 0.717) is 6.54 Å². The highest BCUT2D eigenvalue weighted by Crippen LogP contribution is 2.13. The van der Waals surface area contributed by atoms with Gasteiger partial charge >= 0.3 is 18.2 Å². The minimum Gasteiger partial charge on any atom is -0.467 e. The lowest BCUT2D eigenvalue weighted by atomic mass is 10.2. The van der Waals surface area contributed by atoms with E-state index in [4.69, 9.17) is 18.9 Å². The number of ether oxygens (including phenoxy) is 4. The van der Waals surface area contributed by atoms with Crippen LogP contribution in [0.1, 0.15) is 31.9 Å². The molecule has 0 aromatic heterocycles. The van der Waals surface area contributed by atoms with Gasteiger partial charge in [-0.25, -0.2) is 14.4 Å². The topological polar surface area (TPSA) is 103 Å². The summed E-state index contributed by atoms with van der Waals surface area (Å²) in [5.74, 6) is -0.671. The molecule has 1 N–H and O–H groups in total. The van der Waals surface area contributed by atoms with Crippen molar-refractivity contribution in [1.82, 2.24) is 10.2 Å². The number of carbonyl (C=O) groups is 3. The highest BCUT2D eigenvalue weighted by molar-refractivity contribution is 5.81. The smallest absolute Gasteiger partial charge is 0.410 e. The predicted molar refractivity (Wildman–Crippen MR) is 129 cm³/mol. The summed E-state index contributed by atoms with van der Waals surface area (Å²) < 4.78 is 21.0. The van der Waals surface area contributed by atoms with E-state index in [1.54, 1.807) is 20.8 Å². The van der Waals surface area contributed by atoms with Crippen molar-refractivity contribution < 1.29 is 33.3 Å². The molecular formula is C26H34N2O7. The van der Waals surface area contributed by atoms with E-state index in [-0.39, 0.29) is 26.4 Å². The van der Waals surface area contributed by atoms with Crippen molar-refractivity contribution in [2.24, 2.45) is 0 Å². The molecule has 2 aromatic rings. The lowest BCUT2D eigenvalue weighted by Crippen LogP contribution is -2.45. The molecule has 35 heavy (non-hydrogen) atoms. The average Bonchev–Trinajstić information content (AvgIpc) is 2.83. The molecule has 0 spiro atoms. The van der Waals surface area contributed by atoms with Crippen LogP contribution in [0.5, 0.6) is 0 Å². The van der Waals surface area contributed by atoms with Gasteiger partial charge in [0.1, 0.15) is 12.2 Å². The van der Waals surface area contributed by atoms with Crippen molar-refractivity contribution in [2.75, 3.05) is 26.9 Å². The van der Waals surface area contributed by atoms with E-state index in [9.17, 15) is 14.4 Å². The Labute approximate surface area is 206 Å². The number of rotatable bonds is 11. The van der Waals surface area contributed by atoms with Gasteiger partial charge in [0.05, 0.1) is 20.3 Å². The van der Waals surface area contributed by atoms with Crippen LogP contribution in [0.25, 0.3) is 0 Å². The van der Waals surface area contributed by atoms with E-state index in [1.807, 2.05) is 60.7 Å². The molecule has 9 nitrogen and oxygen atoms in total. The maximum absolute atomic E-state index is 12.7. The Hall–Kier alpha value is -3.59. The standard InChI is InChI=1S/C26H34N2O7/c1-26(2,3)35-25(31)28(17-20-11-7-5-8-12-20)15-16-33-19-22(23(29)32-4)27-24(30)34-18-21-13-9-6-10-14-21/h5-14,22H,15-19H2,1-4H3,(H,27,30). The highest BCUT2D eigenvalue weighted by atomic mass is 16.6. The van der Waals surface area contributed by atoms with Crippen LogP contribution in [0.15, 0.2) is 60.7 Å². The monoisotopic (exact) mass is 486 g/mol. The molecule has 2 rings (SSSR count). The zero-order valence-electron chi connectivity index (χ0n) is 20.7. The molecule has 0 heterocycles. The third kappa shape index (κ3) is 10.9. The minimum absolute atomic E-state index is 0.0613. The second-order valence-electron chi connectivity index (χ2n) is 8.74. The minimum atomic E-state index is -1.06. The number of alkyl carbamates (subject to hydrolysis) is 1. The van der Waals surface area contributed by atoms with Gasteiger partial charge in [0.25, 0.3) is 0 Å². The van der Waals surface area contributed by atoms with Crippen LogP contribution in [0, 0.1) is 0 Å². The molecule has 9 heteroatoms. The molecule has 190 valence electrons. The van der Waals surface area contributed by atoms with Gasteiger partial charge in [0, 0.05) is 13.1 Å². The SMILES string of the molecule is COC(=O)C(COCCN(Cc1ccccc1)C(=O)OC(C)(C)C)NC(=O)OCc1ccccc1. The lowest BCUT2D eigenvalue weighted by molar-refractivity contribution is -0.144. The largest absolute Gasteiger partial charge is 0.467 e. The van der Waals surface area contributed by atoms with Gasteiger partial charge in [-0.2, -0.15) is 0 Å². The number of benzene rings is 2. The lowest BCUT2D eigenvalue weighted by Gasteiger charge is -2.27. The first kappa shape index (κ1) is 27.7. The first-order chi connectivity index (χ1) is 16.7. The van der Waals surface area contributed by atoms with E-state index in [2.05, 4.69) is 5.32 Å². The van der Waals surface area contributed by atoms with Crippen molar-refractivity contribution in [2.45, 2.75) is 45.6 Å². The maximum atomic E-state index is 12.7.